The predicted molar refractivity (Wildman–Crippen MR) is 154 cm³/mol. The van der Waals surface area contributed by atoms with Gasteiger partial charge >= 0.3 is 4.87 Å². The van der Waals surface area contributed by atoms with E-state index >= 15 is 0 Å². The van der Waals surface area contributed by atoms with E-state index in [0.717, 1.165) is 24.2 Å². The number of nitrogens with zero attached hydrogens (tertiary/aromatic N) is 1. The van der Waals surface area contributed by atoms with Crippen LogP contribution < -0.4 is 10.2 Å². The molecule has 0 aliphatic rings. The summed E-state index contributed by atoms with van der Waals surface area (Å²) in [6, 6.07) is 23.3. The van der Waals surface area contributed by atoms with Crippen LogP contribution in [0.2, 0.25) is 0 Å². The quantitative estimate of drug-likeness (QED) is 0.168. The first kappa shape index (κ1) is 28.5. The molecule has 0 aliphatic heterocycles. The van der Waals surface area contributed by atoms with Crippen LogP contribution in [-0.2, 0) is 22.4 Å². The van der Waals surface area contributed by atoms with Gasteiger partial charge in [-0.3, -0.25) is 9.59 Å². The smallest absolute Gasteiger partial charge is 0.305 e. The van der Waals surface area contributed by atoms with Gasteiger partial charge in [-0.05, 0) is 30.0 Å². The van der Waals surface area contributed by atoms with Crippen LogP contribution in [0.4, 0.5) is 0 Å². The second kappa shape index (κ2) is 14.6. The number of nitrogens with one attached hydrogen (secondary N) is 2. The maximum atomic E-state index is 13.0. The van der Waals surface area contributed by atoms with Gasteiger partial charge in [-0.25, -0.2) is 0 Å². The Bertz CT molecular complexity index is 1370. The van der Waals surface area contributed by atoms with Gasteiger partial charge in [0.25, 0.3) is 0 Å². The minimum Gasteiger partial charge on any atom is -0.506 e. The zero-order valence-electron chi connectivity index (χ0n) is 21.8. The molecule has 0 radical (unpaired) electrons. The largest absolute Gasteiger partial charge is 0.506 e. The van der Waals surface area contributed by atoms with Gasteiger partial charge in [0.1, 0.15) is 11.3 Å². The Balaban J connectivity index is 1.26. The van der Waals surface area contributed by atoms with Gasteiger partial charge in [0, 0.05) is 31.7 Å². The van der Waals surface area contributed by atoms with E-state index in [0.29, 0.717) is 55.0 Å². The Morgan fingerprint density at radius 1 is 0.949 bits per heavy atom. The molecule has 1 atom stereocenters. The number of H-pyrrole nitrogens is 1. The number of aromatic amines is 1. The highest BCUT2D eigenvalue weighted by Crippen LogP contribution is 2.31. The molecule has 1 unspecified atom stereocenters. The molecule has 9 heteroatoms. The molecule has 8 nitrogen and oxygen atoms in total. The molecule has 0 fully saturated rings. The van der Waals surface area contributed by atoms with Crippen molar-refractivity contribution in [2.75, 3.05) is 39.4 Å². The number of amides is 1. The number of aliphatic hydroxyl groups is 1. The fourth-order valence-electron chi connectivity index (χ4n) is 4.39. The van der Waals surface area contributed by atoms with Gasteiger partial charge in [0.05, 0.1) is 30.4 Å². The Morgan fingerprint density at radius 2 is 1.64 bits per heavy atom. The third kappa shape index (κ3) is 8.49. The Labute approximate surface area is 231 Å². The van der Waals surface area contributed by atoms with Crippen LogP contribution in [0.1, 0.15) is 29.2 Å². The van der Waals surface area contributed by atoms with E-state index in [1.165, 1.54) is 17.2 Å². The summed E-state index contributed by atoms with van der Waals surface area (Å²) >= 11 is 0.960. The summed E-state index contributed by atoms with van der Waals surface area (Å²) in [4.78, 5) is 29.0. The maximum absolute atomic E-state index is 13.0. The third-order valence-corrected chi connectivity index (χ3v) is 7.48. The second-order valence-electron chi connectivity index (χ2n) is 9.33. The predicted octanol–water partition coefficient (Wildman–Crippen LogP) is 3.64. The first-order valence-corrected chi connectivity index (χ1v) is 14.0. The number of aromatic hydroxyl groups is 1. The molecule has 0 aliphatic carbocycles. The van der Waals surface area contributed by atoms with Gasteiger partial charge in [-0.1, -0.05) is 78.1 Å². The normalized spacial score (nSPS) is 12.0. The standard InChI is InChI=1S/C30H35N3O5S/c34-25-12-11-24(29-28(25)32-30(37)39-29)26(35)21-31-16-18-33(17-13-22-7-3-1-4-8-22)27(36)15-20-38-19-14-23-9-5-2-6-10-23/h1-12,26,31,34-35H,13-21H2,(H,32,37). The number of ether oxygens (including phenoxy) is 1. The number of fused-ring (bicyclic) bond motifs is 1. The van der Waals surface area contributed by atoms with E-state index in [-0.39, 0.29) is 23.1 Å². The molecule has 3 aromatic carbocycles. The first-order chi connectivity index (χ1) is 19.0. The van der Waals surface area contributed by atoms with Crippen LogP contribution >= 0.6 is 11.3 Å². The highest BCUT2D eigenvalue weighted by Gasteiger charge is 2.17. The molecular weight excluding hydrogens is 514 g/mol. The van der Waals surface area contributed by atoms with Crippen LogP contribution in [0.5, 0.6) is 5.75 Å². The van der Waals surface area contributed by atoms with Crippen molar-refractivity contribution >= 4 is 27.5 Å². The highest BCUT2D eigenvalue weighted by molar-refractivity contribution is 7.16. The Hall–Kier alpha value is -3.50. The Morgan fingerprint density at radius 3 is 2.36 bits per heavy atom. The number of aliphatic hydroxyl groups excluding tert-OH is 1. The molecule has 39 heavy (non-hydrogen) atoms. The molecule has 0 bridgehead atoms. The second-order valence-corrected chi connectivity index (χ2v) is 10.3. The summed E-state index contributed by atoms with van der Waals surface area (Å²) < 4.78 is 6.28. The lowest BCUT2D eigenvalue weighted by Crippen LogP contribution is -2.39. The zero-order valence-corrected chi connectivity index (χ0v) is 22.7. The van der Waals surface area contributed by atoms with Crippen molar-refractivity contribution in [3.8, 4) is 5.75 Å². The van der Waals surface area contributed by atoms with Gasteiger partial charge in [0.15, 0.2) is 0 Å². The summed E-state index contributed by atoms with van der Waals surface area (Å²) in [5.74, 6) is 0.00852. The molecule has 4 N–H and O–H groups in total. The lowest BCUT2D eigenvalue weighted by molar-refractivity contribution is -0.132. The number of thiazole rings is 1. The average Bonchev–Trinajstić information content (AvgIpc) is 3.35. The van der Waals surface area contributed by atoms with E-state index in [2.05, 4.69) is 34.6 Å². The molecule has 1 heterocycles. The van der Waals surface area contributed by atoms with Gasteiger partial charge in [0.2, 0.25) is 5.91 Å². The fraction of sp³-hybridized carbons (Fsp3) is 0.333. The van der Waals surface area contributed by atoms with E-state index in [1.807, 2.05) is 41.3 Å². The number of aromatic nitrogens is 1. The van der Waals surface area contributed by atoms with Crippen LogP contribution in [0.15, 0.2) is 77.6 Å². The lowest BCUT2D eigenvalue weighted by atomic mass is 10.1. The SMILES string of the molecule is O=C(CCOCCc1ccccc1)N(CCNCC(O)c1ccc(O)c2[nH]c(=O)sc12)CCc1ccccc1. The molecule has 206 valence electrons. The van der Waals surface area contributed by atoms with E-state index < -0.39 is 6.10 Å². The van der Waals surface area contributed by atoms with Gasteiger partial charge in [-0.15, -0.1) is 0 Å². The van der Waals surface area contributed by atoms with Crippen molar-refractivity contribution in [1.29, 1.82) is 0 Å². The fourth-order valence-corrected chi connectivity index (χ4v) is 5.31. The molecule has 0 spiro atoms. The topological polar surface area (TPSA) is 115 Å². The number of hydrogen-bond acceptors (Lipinski definition) is 7. The van der Waals surface area contributed by atoms with Crippen LogP contribution in [0.25, 0.3) is 10.2 Å². The van der Waals surface area contributed by atoms with Crippen molar-refractivity contribution in [1.82, 2.24) is 15.2 Å². The van der Waals surface area contributed by atoms with Gasteiger partial charge < -0.3 is 30.2 Å². The van der Waals surface area contributed by atoms with Crippen molar-refractivity contribution in [2.45, 2.75) is 25.4 Å². The summed E-state index contributed by atoms with van der Waals surface area (Å²) in [5.41, 5.74) is 3.29. The van der Waals surface area contributed by atoms with E-state index in [1.54, 1.807) is 6.07 Å². The van der Waals surface area contributed by atoms with Crippen LogP contribution in [0, 0.1) is 0 Å². The molecule has 4 rings (SSSR count). The Kier molecular flexibility index (Phi) is 10.7. The monoisotopic (exact) mass is 549 g/mol. The molecule has 4 aromatic rings. The van der Waals surface area contributed by atoms with Crippen molar-refractivity contribution in [2.24, 2.45) is 0 Å². The number of hydrogen-bond donors (Lipinski definition) is 4. The van der Waals surface area contributed by atoms with E-state index in [9.17, 15) is 19.8 Å². The number of rotatable bonds is 15. The molecule has 0 saturated heterocycles. The van der Waals surface area contributed by atoms with Crippen molar-refractivity contribution < 1.29 is 19.7 Å². The van der Waals surface area contributed by atoms with Crippen LogP contribution in [-0.4, -0.2) is 65.4 Å². The molecule has 1 aromatic heterocycles. The number of phenolic OH excluding ortho intramolecular Hbond substituents is 1. The van der Waals surface area contributed by atoms with Gasteiger partial charge in [-0.2, -0.15) is 0 Å². The first-order valence-electron chi connectivity index (χ1n) is 13.2. The zero-order chi connectivity index (χ0) is 27.5. The summed E-state index contributed by atoms with van der Waals surface area (Å²) in [5, 5.41) is 24.0. The van der Waals surface area contributed by atoms with Crippen LogP contribution in [0.3, 0.4) is 0 Å². The average molecular weight is 550 g/mol. The third-order valence-electron chi connectivity index (χ3n) is 6.55. The summed E-state index contributed by atoms with van der Waals surface area (Å²) in [6.07, 6.45) is 1.00. The summed E-state index contributed by atoms with van der Waals surface area (Å²) in [7, 11) is 0. The van der Waals surface area contributed by atoms with Crippen molar-refractivity contribution in [3.05, 3.63) is 99.2 Å². The molecule has 1 amide bonds. The highest BCUT2D eigenvalue weighted by atomic mass is 32.1. The molecular formula is C30H35N3O5S. The number of benzene rings is 3. The van der Waals surface area contributed by atoms with Crippen molar-refractivity contribution in [3.63, 3.8) is 0 Å². The van der Waals surface area contributed by atoms with E-state index in [4.69, 9.17) is 4.74 Å². The lowest BCUT2D eigenvalue weighted by Gasteiger charge is -2.24. The maximum Gasteiger partial charge on any atom is 0.305 e. The number of phenols is 1. The number of carbonyl (C=O) groups is 1. The number of carbonyl (C=O) groups excluding carboxylic acids is 1. The minimum absolute atomic E-state index is 0.0242. The molecule has 0 saturated carbocycles. The minimum atomic E-state index is -0.869. The summed E-state index contributed by atoms with van der Waals surface area (Å²) in [6.45, 7) is 2.77.